The molecule has 1 amide bonds. The topological polar surface area (TPSA) is 68.0 Å². The molecule has 0 saturated carbocycles. The second-order valence-corrected chi connectivity index (χ2v) is 8.44. The van der Waals surface area contributed by atoms with Crippen molar-refractivity contribution in [3.05, 3.63) is 48.5 Å². The van der Waals surface area contributed by atoms with Crippen molar-refractivity contribution in [1.82, 2.24) is 4.90 Å². The number of fused-ring (bicyclic) bond motifs is 2. The zero-order valence-electron chi connectivity index (χ0n) is 16.6. The highest BCUT2D eigenvalue weighted by Gasteiger charge is 2.37. The van der Waals surface area contributed by atoms with Gasteiger partial charge in [0, 0.05) is 19.1 Å². The Hall–Kier alpha value is -2.73. The molecule has 2 atom stereocenters. The van der Waals surface area contributed by atoms with Crippen molar-refractivity contribution in [1.29, 1.82) is 0 Å². The highest BCUT2D eigenvalue weighted by molar-refractivity contribution is 5.79. The Morgan fingerprint density at radius 1 is 1.04 bits per heavy atom. The van der Waals surface area contributed by atoms with Gasteiger partial charge in [-0.3, -0.25) is 0 Å². The number of piperidine rings is 1. The predicted molar refractivity (Wildman–Crippen MR) is 109 cm³/mol. The normalized spacial score (nSPS) is 21.4. The third-order valence-electron chi connectivity index (χ3n) is 4.95. The number of carbonyl (C=O) groups excluding carboxylic acids is 1. The number of benzene rings is 2. The molecule has 2 unspecified atom stereocenters. The Morgan fingerprint density at radius 3 is 2.18 bits per heavy atom. The molecular weight excluding hydrogens is 354 g/mol. The van der Waals surface area contributed by atoms with E-state index in [2.05, 4.69) is 4.90 Å². The van der Waals surface area contributed by atoms with Crippen LogP contribution < -0.4 is 15.4 Å². The van der Waals surface area contributed by atoms with Gasteiger partial charge in [-0.15, -0.1) is 0 Å². The minimum absolute atomic E-state index is 0.0301. The number of hydrogen-bond donors (Lipinski definition) is 1. The van der Waals surface area contributed by atoms with E-state index in [-0.39, 0.29) is 18.2 Å². The summed E-state index contributed by atoms with van der Waals surface area (Å²) in [5.74, 6) is 1.62. The van der Waals surface area contributed by atoms with Gasteiger partial charge in [0.25, 0.3) is 0 Å². The molecule has 0 aromatic heterocycles. The fraction of sp³-hybridized carbons (Fsp3) is 0.409. The number of ether oxygens (including phenoxy) is 2. The first kappa shape index (κ1) is 18.6. The van der Waals surface area contributed by atoms with Crippen LogP contribution in [0, 0.1) is 0 Å². The van der Waals surface area contributed by atoms with Gasteiger partial charge in [-0.1, -0.05) is 24.3 Å². The zero-order valence-corrected chi connectivity index (χ0v) is 16.6. The van der Waals surface area contributed by atoms with Gasteiger partial charge in [0.15, 0.2) is 11.5 Å². The summed E-state index contributed by atoms with van der Waals surface area (Å²) in [6.07, 6.45) is 0.463. The van der Waals surface area contributed by atoms with Crippen LogP contribution in [0.25, 0.3) is 0 Å². The van der Waals surface area contributed by atoms with Gasteiger partial charge in [-0.05, 0) is 51.5 Å². The maximum Gasteiger partial charge on any atom is 0.410 e. The molecule has 2 aromatic rings. The molecule has 0 bridgehead atoms. The summed E-state index contributed by atoms with van der Waals surface area (Å²) >= 11 is 0. The monoisotopic (exact) mass is 381 g/mol. The highest BCUT2D eigenvalue weighted by Crippen LogP contribution is 2.48. The van der Waals surface area contributed by atoms with Crippen molar-refractivity contribution in [3.8, 4) is 11.5 Å². The molecule has 1 fully saturated rings. The molecule has 6 heteroatoms. The number of nitrogens with zero attached hydrogens (tertiary/aromatic N) is 2. The molecule has 6 nitrogen and oxygen atoms in total. The molecular formula is C22H27N3O3. The van der Waals surface area contributed by atoms with E-state index >= 15 is 0 Å². The van der Waals surface area contributed by atoms with E-state index in [1.54, 1.807) is 4.90 Å². The van der Waals surface area contributed by atoms with Crippen LogP contribution in [0.1, 0.15) is 27.2 Å². The Bertz CT molecular complexity index is 832. The molecule has 2 N–H and O–H groups in total. The van der Waals surface area contributed by atoms with Crippen LogP contribution in [0.3, 0.4) is 0 Å². The van der Waals surface area contributed by atoms with Gasteiger partial charge in [-0.25, -0.2) is 4.79 Å². The zero-order chi connectivity index (χ0) is 19.9. The fourth-order valence-electron chi connectivity index (χ4n) is 3.90. The number of likely N-dealkylation sites (tertiary alicyclic amines) is 1. The van der Waals surface area contributed by atoms with Crippen molar-refractivity contribution in [3.63, 3.8) is 0 Å². The fourth-order valence-corrected chi connectivity index (χ4v) is 3.90. The first-order valence-electron chi connectivity index (χ1n) is 9.70. The average Bonchev–Trinajstić information content (AvgIpc) is 2.64. The van der Waals surface area contributed by atoms with E-state index < -0.39 is 5.60 Å². The number of para-hydroxylation sites is 4. The maximum absolute atomic E-state index is 12.7. The standard InChI is InChI=1S/C22H27N3O3/c1-22(2,3)28-21(26)24-13-15(23)12-16(14-24)25-17-8-4-6-10-19(17)27-20-11-7-5-9-18(20)25/h4-11,15-16H,12-14,23H2,1-3H3. The maximum atomic E-state index is 12.7. The van der Waals surface area contributed by atoms with Crippen LogP contribution in [-0.2, 0) is 4.74 Å². The smallest absolute Gasteiger partial charge is 0.410 e. The second-order valence-electron chi connectivity index (χ2n) is 8.44. The Balaban J connectivity index is 1.67. The first-order valence-corrected chi connectivity index (χ1v) is 9.70. The number of nitrogens with two attached hydrogens (primary N) is 1. The molecule has 1 saturated heterocycles. The van der Waals surface area contributed by atoms with E-state index in [0.717, 1.165) is 29.3 Å². The van der Waals surface area contributed by atoms with Gasteiger partial charge in [-0.2, -0.15) is 0 Å². The van der Waals surface area contributed by atoms with Crippen molar-refractivity contribution < 1.29 is 14.3 Å². The van der Waals surface area contributed by atoms with Gasteiger partial charge in [0.2, 0.25) is 0 Å². The lowest BCUT2D eigenvalue weighted by Gasteiger charge is -2.44. The first-order chi connectivity index (χ1) is 13.3. The van der Waals surface area contributed by atoms with Crippen molar-refractivity contribution >= 4 is 17.5 Å². The van der Waals surface area contributed by atoms with Crippen LogP contribution in [0.15, 0.2) is 48.5 Å². The van der Waals surface area contributed by atoms with E-state index in [4.69, 9.17) is 15.2 Å². The Kier molecular flexibility index (Phi) is 4.67. The number of hydrogen-bond acceptors (Lipinski definition) is 5. The summed E-state index contributed by atoms with van der Waals surface area (Å²) in [6.45, 7) is 6.67. The molecule has 4 rings (SSSR count). The molecule has 0 spiro atoms. The van der Waals surface area contributed by atoms with E-state index in [9.17, 15) is 4.79 Å². The lowest BCUT2D eigenvalue weighted by atomic mass is 9.98. The SMILES string of the molecule is CC(C)(C)OC(=O)N1CC(N)CC(N2c3ccccc3Oc3ccccc32)C1. The molecule has 2 aromatic carbocycles. The van der Waals surface area contributed by atoms with Gasteiger partial charge >= 0.3 is 6.09 Å². The van der Waals surface area contributed by atoms with E-state index in [1.165, 1.54) is 0 Å². The summed E-state index contributed by atoms with van der Waals surface area (Å²) in [5, 5.41) is 0. The van der Waals surface area contributed by atoms with Crippen LogP contribution in [0.5, 0.6) is 11.5 Å². The summed E-state index contributed by atoms with van der Waals surface area (Å²) in [5.41, 5.74) is 7.80. The van der Waals surface area contributed by atoms with E-state index in [1.807, 2.05) is 69.3 Å². The Labute approximate surface area is 165 Å². The second kappa shape index (κ2) is 7.02. The lowest BCUT2D eigenvalue weighted by Crippen LogP contribution is -2.56. The summed E-state index contributed by atoms with van der Waals surface area (Å²) in [7, 11) is 0. The Morgan fingerprint density at radius 2 is 1.61 bits per heavy atom. The quantitative estimate of drug-likeness (QED) is 0.799. The van der Waals surface area contributed by atoms with Gasteiger partial charge in [0.05, 0.1) is 17.4 Å². The highest BCUT2D eigenvalue weighted by atomic mass is 16.6. The number of carbonyl (C=O) groups is 1. The molecule has 28 heavy (non-hydrogen) atoms. The molecule has 2 aliphatic rings. The minimum atomic E-state index is -0.535. The minimum Gasteiger partial charge on any atom is -0.453 e. The van der Waals surface area contributed by atoms with Crippen LogP contribution in [0.4, 0.5) is 16.2 Å². The third kappa shape index (κ3) is 3.64. The summed E-state index contributed by atoms with van der Waals surface area (Å²) < 4.78 is 11.7. The molecule has 148 valence electrons. The number of rotatable bonds is 1. The lowest BCUT2D eigenvalue weighted by molar-refractivity contribution is 0.0183. The number of amides is 1. The third-order valence-corrected chi connectivity index (χ3v) is 4.95. The largest absolute Gasteiger partial charge is 0.453 e. The average molecular weight is 381 g/mol. The molecule has 2 heterocycles. The molecule has 0 aliphatic carbocycles. The van der Waals surface area contributed by atoms with Crippen LogP contribution in [0.2, 0.25) is 0 Å². The van der Waals surface area contributed by atoms with Crippen molar-refractivity contribution in [2.75, 3.05) is 18.0 Å². The predicted octanol–water partition coefficient (Wildman–Crippen LogP) is 4.27. The van der Waals surface area contributed by atoms with Crippen LogP contribution >= 0.6 is 0 Å². The van der Waals surface area contributed by atoms with Gasteiger partial charge in [0.1, 0.15) is 5.60 Å². The summed E-state index contributed by atoms with van der Waals surface area (Å²) in [6, 6.07) is 15.9. The number of anilines is 2. The summed E-state index contributed by atoms with van der Waals surface area (Å²) in [4.78, 5) is 16.7. The van der Waals surface area contributed by atoms with E-state index in [0.29, 0.717) is 13.1 Å². The van der Waals surface area contributed by atoms with Gasteiger partial charge < -0.3 is 25.0 Å². The van der Waals surface area contributed by atoms with Crippen LogP contribution in [-0.4, -0.2) is 41.8 Å². The molecule has 2 aliphatic heterocycles. The van der Waals surface area contributed by atoms with Crippen molar-refractivity contribution in [2.24, 2.45) is 5.73 Å². The molecule has 0 radical (unpaired) electrons. The van der Waals surface area contributed by atoms with Crippen molar-refractivity contribution in [2.45, 2.75) is 44.9 Å².